The highest BCUT2D eigenvalue weighted by Crippen LogP contribution is 2.28. The number of hydrogen-bond acceptors (Lipinski definition) is 4. The molecule has 1 aliphatic carbocycles. The zero-order chi connectivity index (χ0) is 14.8. The molecule has 116 valence electrons. The molecule has 1 heterocycles. The number of rotatable bonds is 6. The van der Waals surface area contributed by atoms with Gasteiger partial charge in [0, 0.05) is 18.6 Å². The third-order valence-electron chi connectivity index (χ3n) is 4.75. The minimum absolute atomic E-state index is 0.124. The van der Waals surface area contributed by atoms with Crippen molar-refractivity contribution in [3.8, 4) is 0 Å². The standard InChI is InChI=1S/C16H30N2O2/c1-12-6-5-9-18(11-12)13(2)10-16(3,15(19)20-4)17-14-7-8-14/h12-14,17H,5-11H2,1-4H3. The van der Waals surface area contributed by atoms with Crippen molar-refractivity contribution in [1.82, 2.24) is 10.2 Å². The summed E-state index contributed by atoms with van der Waals surface area (Å²) in [5.41, 5.74) is -0.546. The molecule has 1 aliphatic heterocycles. The summed E-state index contributed by atoms with van der Waals surface area (Å²) in [7, 11) is 1.49. The Morgan fingerprint density at radius 3 is 2.70 bits per heavy atom. The van der Waals surface area contributed by atoms with Crippen LogP contribution in [0.3, 0.4) is 0 Å². The number of piperidine rings is 1. The van der Waals surface area contributed by atoms with Crippen LogP contribution in [-0.2, 0) is 9.53 Å². The fourth-order valence-corrected chi connectivity index (χ4v) is 3.45. The van der Waals surface area contributed by atoms with Crippen molar-refractivity contribution < 1.29 is 9.53 Å². The number of nitrogens with zero attached hydrogens (tertiary/aromatic N) is 1. The molecule has 2 fully saturated rings. The number of likely N-dealkylation sites (tertiary alicyclic amines) is 1. The molecule has 1 saturated carbocycles. The lowest BCUT2D eigenvalue weighted by Crippen LogP contribution is -2.55. The summed E-state index contributed by atoms with van der Waals surface area (Å²) >= 11 is 0. The second-order valence-corrected chi connectivity index (χ2v) is 7.04. The van der Waals surface area contributed by atoms with Gasteiger partial charge in [0.15, 0.2) is 0 Å². The second kappa shape index (κ2) is 6.44. The molecule has 0 aromatic carbocycles. The summed E-state index contributed by atoms with van der Waals surface area (Å²) in [6.07, 6.45) is 5.79. The Hall–Kier alpha value is -0.610. The van der Waals surface area contributed by atoms with E-state index in [0.717, 1.165) is 25.4 Å². The Kier molecular flexibility index (Phi) is 5.08. The zero-order valence-electron chi connectivity index (χ0n) is 13.4. The van der Waals surface area contributed by atoms with Crippen LogP contribution >= 0.6 is 0 Å². The van der Waals surface area contributed by atoms with Crippen LogP contribution in [0.5, 0.6) is 0 Å². The van der Waals surface area contributed by atoms with E-state index in [-0.39, 0.29) is 5.97 Å². The smallest absolute Gasteiger partial charge is 0.325 e. The van der Waals surface area contributed by atoms with Gasteiger partial charge in [-0.3, -0.25) is 10.1 Å². The zero-order valence-corrected chi connectivity index (χ0v) is 13.4. The molecule has 1 saturated heterocycles. The van der Waals surface area contributed by atoms with Crippen LogP contribution in [0.4, 0.5) is 0 Å². The van der Waals surface area contributed by atoms with Crippen LogP contribution in [0, 0.1) is 5.92 Å². The minimum Gasteiger partial charge on any atom is -0.468 e. The van der Waals surface area contributed by atoms with E-state index in [2.05, 4.69) is 24.1 Å². The molecule has 2 aliphatic rings. The first kappa shape index (κ1) is 15.8. The van der Waals surface area contributed by atoms with Gasteiger partial charge in [-0.25, -0.2) is 0 Å². The van der Waals surface area contributed by atoms with E-state index in [4.69, 9.17) is 4.74 Å². The molecule has 0 bridgehead atoms. The lowest BCUT2D eigenvalue weighted by molar-refractivity contribution is -0.149. The molecule has 1 N–H and O–H groups in total. The van der Waals surface area contributed by atoms with Crippen molar-refractivity contribution in [2.45, 2.75) is 70.5 Å². The summed E-state index contributed by atoms with van der Waals surface area (Å²) in [5.74, 6) is 0.647. The molecule has 3 atom stereocenters. The van der Waals surface area contributed by atoms with Crippen LogP contribution < -0.4 is 5.32 Å². The molecule has 4 nitrogen and oxygen atoms in total. The highest BCUT2D eigenvalue weighted by Gasteiger charge is 2.41. The highest BCUT2D eigenvalue weighted by molar-refractivity contribution is 5.80. The third-order valence-corrected chi connectivity index (χ3v) is 4.75. The molecule has 0 spiro atoms. The van der Waals surface area contributed by atoms with Gasteiger partial charge in [0.1, 0.15) is 5.54 Å². The van der Waals surface area contributed by atoms with Gasteiger partial charge in [-0.05, 0) is 58.4 Å². The SMILES string of the molecule is COC(=O)C(C)(CC(C)N1CCCC(C)C1)NC1CC1. The van der Waals surface area contributed by atoms with Crippen molar-refractivity contribution >= 4 is 5.97 Å². The molecule has 0 radical (unpaired) electrons. The van der Waals surface area contributed by atoms with Gasteiger partial charge in [-0.15, -0.1) is 0 Å². The fourth-order valence-electron chi connectivity index (χ4n) is 3.45. The van der Waals surface area contributed by atoms with Crippen LogP contribution in [-0.4, -0.2) is 48.7 Å². The Bertz CT molecular complexity index is 343. The molecule has 3 unspecified atom stereocenters. The van der Waals surface area contributed by atoms with E-state index < -0.39 is 5.54 Å². The van der Waals surface area contributed by atoms with E-state index in [1.165, 1.54) is 32.8 Å². The van der Waals surface area contributed by atoms with Gasteiger partial charge < -0.3 is 9.64 Å². The van der Waals surface area contributed by atoms with Crippen molar-refractivity contribution in [2.24, 2.45) is 5.92 Å². The Morgan fingerprint density at radius 2 is 2.15 bits per heavy atom. The predicted octanol–water partition coefficient (Wildman–Crippen LogP) is 2.18. The lowest BCUT2D eigenvalue weighted by Gasteiger charge is -2.39. The van der Waals surface area contributed by atoms with Crippen LogP contribution in [0.2, 0.25) is 0 Å². The summed E-state index contributed by atoms with van der Waals surface area (Å²) in [6.45, 7) is 8.88. The van der Waals surface area contributed by atoms with E-state index >= 15 is 0 Å². The summed E-state index contributed by atoms with van der Waals surface area (Å²) in [5, 5.41) is 3.50. The lowest BCUT2D eigenvalue weighted by atomic mass is 9.90. The Morgan fingerprint density at radius 1 is 1.45 bits per heavy atom. The van der Waals surface area contributed by atoms with Crippen molar-refractivity contribution in [1.29, 1.82) is 0 Å². The van der Waals surface area contributed by atoms with Gasteiger partial charge in [0.25, 0.3) is 0 Å². The number of methoxy groups -OCH3 is 1. The van der Waals surface area contributed by atoms with Crippen molar-refractivity contribution in [3.63, 3.8) is 0 Å². The summed E-state index contributed by atoms with van der Waals surface area (Å²) in [4.78, 5) is 14.7. The molecule has 0 aromatic rings. The van der Waals surface area contributed by atoms with Crippen molar-refractivity contribution in [3.05, 3.63) is 0 Å². The maximum absolute atomic E-state index is 12.2. The van der Waals surface area contributed by atoms with E-state index in [1.54, 1.807) is 0 Å². The monoisotopic (exact) mass is 282 g/mol. The Labute approximate surface area is 123 Å². The fraction of sp³-hybridized carbons (Fsp3) is 0.938. The van der Waals surface area contributed by atoms with Gasteiger partial charge in [-0.2, -0.15) is 0 Å². The minimum atomic E-state index is -0.546. The molecule has 2 rings (SSSR count). The second-order valence-electron chi connectivity index (χ2n) is 7.04. The first-order valence-electron chi connectivity index (χ1n) is 8.05. The number of ether oxygens (including phenoxy) is 1. The van der Waals surface area contributed by atoms with Crippen LogP contribution in [0.1, 0.15) is 52.9 Å². The Balaban J connectivity index is 1.96. The van der Waals surface area contributed by atoms with Gasteiger partial charge in [-0.1, -0.05) is 6.92 Å². The first-order valence-corrected chi connectivity index (χ1v) is 8.05. The van der Waals surface area contributed by atoms with E-state index in [9.17, 15) is 4.79 Å². The number of hydrogen-bond donors (Lipinski definition) is 1. The largest absolute Gasteiger partial charge is 0.468 e. The number of carbonyl (C=O) groups excluding carboxylic acids is 1. The highest BCUT2D eigenvalue weighted by atomic mass is 16.5. The molecule has 0 amide bonds. The first-order chi connectivity index (χ1) is 9.44. The number of esters is 1. The van der Waals surface area contributed by atoms with Gasteiger partial charge >= 0.3 is 5.97 Å². The maximum Gasteiger partial charge on any atom is 0.325 e. The molecular weight excluding hydrogens is 252 g/mol. The predicted molar refractivity (Wildman–Crippen MR) is 80.6 cm³/mol. The molecular formula is C16H30N2O2. The average Bonchev–Trinajstić information content (AvgIpc) is 3.21. The number of nitrogens with one attached hydrogen (secondary N) is 1. The molecule has 0 aromatic heterocycles. The summed E-state index contributed by atoms with van der Waals surface area (Å²) in [6, 6.07) is 0.916. The quantitative estimate of drug-likeness (QED) is 0.758. The maximum atomic E-state index is 12.2. The topological polar surface area (TPSA) is 41.6 Å². The molecule has 4 heteroatoms. The van der Waals surface area contributed by atoms with E-state index in [0.29, 0.717) is 12.1 Å². The van der Waals surface area contributed by atoms with Gasteiger partial charge in [0.2, 0.25) is 0 Å². The van der Waals surface area contributed by atoms with Crippen LogP contribution in [0.15, 0.2) is 0 Å². The normalized spacial score (nSPS) is 28.7. The average molecular weight is 282 g/mol. The number of carbonyl (C=O) groups is 1. The third kappa shape index (κ3) is 3.95. The summed E-state index contributed by atoms with van der Waals surface area (Å²) < 4.78 is 5.03. The molecule has 20 heavy (non-hydrogen) atoms. The van der Waals surface area contributed by atoms with E-state index in [1.807, 2.05) is 6.92 Å². The van der Waals surface area contributed by atoms with Crippen LogP contribution in [0.25, 0.3) is 0 Å². The van der Waals surface area contributed by atoms with Crippen molar-refractivity contribution in [2.75, 3.05) is 20.2 Å². The van der Waals surface area contributed by atoms with Gasteiger partial charge in [0.05, 0.1) is 7.11 Å².